The molecule has 1 N–H and O–H groups in total. The van der Waals surface area contributed by atoms with Gasteiger partial charge in [0.05, 0.1) is 6.61 Å². The predicted molar refractivity (Wildman–Crippen MR) is 127 cm³/mol. The second-order valence-electron chi connectivity index (χ2n) is 12.2. The van der Waals surface area contributed by atoms with Gasteiger partial charge in [-0.25, -0.2) is 4.39 Å². The predicted octanol–water partition coefficient (Wildman–Crippen LogP) is 6.59. The number of fused-ring (bicyclic) bond motifs is 5. The molecule has 7 unspecified atom stereocenters. The van der Waals surface area contributed by atoms with Crippen molar-refractivity contribution < 1.29 is 19.0 Å². The quantitative estimate of drug-likeness (QED) is 0.412. The van der Waals surface area contributed by atoms with Crippen LogP contribution in [0.3, 0.4) is 0 Å². The van der Waals surface area contributed by atoms with Crippen LogP contribution in [0.15, 0.2) is 35.9 Å². The smallest absolute Gasteiger partial charge is 0.169 e. The van der Waals surface area contributed by atoms with Crippen LogP contribution in [-0.2, 0) is 16.1 Å². The first-order valence-corrected chi connectivity index (χ1v) is 12.8. The summed E-state index contributed by atoms with van der Waals surface area (Å²) >= 11 is 0. The summed E-state index contributed by atoms with van der Waals surface area (Å²) in [5.41, 5.74) is 2.25. The fourth-order valence-electron chi connectivity index (χ4n) is 8.39. The minimum atomic E-state index is -1.16. The third kappa shape index (κ3) is 3.46. The molecule has 0 aliphatic heterocycles. The van der Waals surface area contributed by atoms with Gasteiger partial charge in [-0.3, -0.25) is 4.79 Å². The summed E-state index contributed by atoms with van der Waals surface area (Å²) in [6, 6.07) is 6.29. The van der Waals surface area contributed by atoms with Crippen LogP contribution in [0.1, 0.15) is 84.6 Å². The molecule has 33 heavy (non-hydrogen) atoms. The van der Waals surface area contributed by atoms with Gasteiger partial charge in [0.25, 0.3) is 0 Å². The Hall–Kier alpha value is -1.52. The molecule has 5 rings (SSSR count). The van der Waals surface area contributed by atoms with E-state index in [1.807, 2.05) is 0 Å². The molecule has 3 fully saturated rings. The lowest BCUT2D eigenvalue weighted by molar-refractivity contribution is -0.231. The standard InChI is InChI=1S/C29H39FO3/c1-19(31)27(3)13-12-25-23-10-7-21-17-29(32,33-18-20-5-8-22(30)9-6-20)16-15-26(21,2)24(23)11-14-28(25,27)4/h5-9,23-25,32H,10-18H2,1-4H3. The monoisotopic (exact) mass is 454 g/mol. The van der Waals surface area contributed by atoms with Crippen LogP contribution in [0.5, 0.6) is 0 Å². The molecule has 3 nitrogen and oxygen atoms in total. The number of hydrogen-bond donors (Lipinski definition) is 1. The Balaban J connectivity index is 1.34. The number of Topliss-reactive ketones (excluding diaryl/α,β-unsaturated/α-hetero) is 1. The second-order valence-corrected chi connectivity index (χ2v) is 12.2. The van der Waals surface area contributed by atoms with Crippen molar-refractivity contribution in [2.75, 3.05) is 0 Å². The summed E-state index contributed by atoms with van der Waals surface area (Å²) in [7, 11) is 0. The number of allylic oxidation sites excluding steroid dienone is 1. The lowest BCUT2D eigenvalue weighted by Crippen LogP contribution is -2.54. The summed E-state index contributed by atoms with van der Waals surface area (Å²) in [5, 5.41) is 11.3. The van der Waals surface area contributed by atoms with Crippen LogP contribution < -0.4 is 0 Å². The van der Waals surface area contributed by atoms with Crippen LogP contribution in [0.2, 0.25) is 0 Å². The molecule has 0 radical (unpaired) electrons. The Morgan fingerprint density at radius 2 is 1.76 bits per heavy atom. The number of carbonyl (C=O) groups is 1. The molecular formula is C29H39FO3. The maximum atomic E-state index is 13.2. The third-order valence-corrected chi connectivity index (χ3v) is 10.9. The Labute approximate surface area is 197 Å². The molecule has 0 amide bonds. The van der Waals surface area contributed by atoms with Gasteiger partial charge in [0.1, 0.15) is 11.6 Å². The van der Waals surface area contributed by atoms with Gasteiger partial charge in [-0.15, -0.1) is 0 Å². The highest BCUT2D eigenvalue weighted by Gasteiger charge is 2.64. The van der Waals surface area contributed by atoms with Crippen molar-refractivity contribution in [1.29, 1.82) is 0 Å². The zero-order valence-corrected chi connectivity index (χ0v) is 20.6. The van der Waals surface area contributed by atoms with Crippen LogP contribution in [0.4, 0.5) is 4.39 Å². The van der Waals surface area contributed by atoms with Gasteiger partial charge in [0, 0.05) is 18.3 Å². The van der Waals surface area contributed by atoms with Crippen LogP contribution >= 0.6 is 0 Å². The number of ketones is 1. The molecule has 4 aliphatic carbocycles. The van der Waals surface area contributed by atoms with Crippen molar-refractivity contribution in [1.82, 2.24) is 0 Å². The normalized spacial score (nSPS) is 44.4. The lowest BCUT2D eigenvalue weighted by Gasteiger charge is -2.60. The van der Waals surface area contributed by atoms with E-state index in [0.717, 1.165) is 37.7 Å². The largest absolute Gasteiger partial charge is 0.365 e. The van der Waals surface area contributed by atoms with Crippen LogP contribution in [-0.4, -0.2) is 16.7 Å². The van der Waals surface area contributed by atoms with Crippen LogP contribution in [0, 0.1) is 39.8 Å². The van der Waals surface area contributed by atoms with E-state index in [-0.39, 0.29) is 28.7 Å². The number of benzene rings is 1. The average Bonchev–Trinajstić information content (AvgIpc) is 3.06. The third-order valence-electron chi connectivity index (χ3n) is 10.9. The molecule has 0 saturated heterocycles. The van der Waals surface area contributed by atoms with E-state index in [9.17, 15) is 14.3 Å². The second kappa shape index (κ2) is 7.75. The minimum Gasteiger partial charge on any atom is -0.365 e. The van der Waals surface area contributed by atoms with Crippen molar-refractivity contribution in [2.24, 2.45) is 34.0 Å². The first kappa shape index (κ1) is 23.2. The number of rotatable bonds is 4. The molecule has 1 aromatic rings. The molecule has 1 aromatic carbocycles. The van der Waals surface area contributed by atoms with E-state index in [4.69, 9.17) is 4.74 Å². The highest BCUT2D eigenvalue weighted by atomic mass is 19.1. The summed E-state index contributed by atoms with van der Waals surface area (Å²) in [6.07, 6.45) is 10.0. The molecular weight excluding hydrogens is 415 g/mol. The maximum absolute atomic E-state index is 13.2. The molecule has 7 atom stereocenters. The van der Waals surface area contributed by atoms with E-state index >= 15 is 0 Å². The van der Waals surface area contributed by atoms with Gasteiger partial charge in [-0.1, -0.05) is 44.6 Å². The van der Waals surface area contributed by atoms with Crippen LogP contribution in [0.25, 0.3) is 0 Å². The molecule has 0 aromatic heterocycles. The topological polar surface area (TPSA) is 46.5 Å². The maximum Gasteiger partial charge on any atom is 0.169 e. The van der Waals surface area contributed by atoms with Gasteiger partial charge in [-0.2, -0.15) is 0 Å². The summed E-state index contributed by atoms with van der Waals surface area (Å²) < 4.78 is 19.2. The zero-order chi connectivity index (χ0) is 23.6. The van der Waals surface area contributed by atoms with E-state index in [1.54, 1.807) is 19.1 Å². The van der Waals surface area contributed by atoms with E-state index in [0.29, 0.717) is 36.4 Å². The average molecular weight is 455 g/mol. The minimum absolute atomic E-state index is 0.102. The molecule has 4 heteroatoms. The molecule has 0 bridgehead atoms. The zero-order valence-electron chi connectivity index (χ0n) is 20.6. The number of carbonyl (C=O) groups excluding carboxylic acids is 1. The van der Waals surface area contributed by atoms with Crippen molar-refractivity contribution in [3.05, 3.63) is 47.3 Å². The van der Waals surface area contributed by atoms with Gasteiger partial charge in [-0.05, 0) is 91.7 Å². The number of halogens is 1. The van der Waals surface area contributed by atoms with E-state index < -0.39 is 5.79 Å². The number of aliphatic hydroxyl groups is 1. The van der Waals surface area contributed by atoms with Gasteiger partial charge >= 0.3 is 0 Å². The molecule has 4 aliphatic rings. The van der Waals surface area contributed by atoms with Crippen molar-refractivity contribution in [3.63, 3.8) is 0 Å². The number of hydrogen-bond acceptors (Lipinski definition) is 3. The van der Waals surface area contributed by atoms with Gasteiger partial charge < -0.3 is 9.84 Å². The molecule has 0 spiro atoms. The Kier molecular flexibility index (Phi) is 5.45. The Morgan fingerprint density at radius 1 is 1.06 bits per heavy atom. The van der Waals surface area contributed by atoms with Gasteiger partial charge in [0.15, 0.2) is 5.79 Å². The fourth-order valence-corrected chi connectivity index (χ4v) is 8.39. The fraction of sp³-hybridized carbons (Fsp3) is 0.690. The first-order valence-electron chi connectivity index (χ1n) is 12.8. The van der Waals surface area contributed by atoms with Crippen molar-refractivity contribution in [2.45, 2.75) is 91.5 Å². The Bertz CT molecular complexity index is 970. The molecule has 180 valence electrons. The Morgan fingerprint density at radius 3 is 2.45 bits per heavy atom. The lowest BCUT2D eigenvalue weighted by atomic mass is 9.45. The van der Waals surface area contributed by atoms with E-state index in [1.165, 1.54) is 24.1 Å². The molecule has 0 heterocycles. The summed E-state index contributed by atoms with van der Waals surface area (Å²) in [6.45, 7) is 9.12. The number of ether oxygens (including phenoxy) is 1. The highest BCUT2D eigenvalue weighted by Crippen LogP contribution is 2.70. The van der Waals surface area contributed by atoms with E-state index in [2.05, 4.69) is 26.8 Å². The van der Waals surface area contributed by atoms with Crippen molar-refractivity contribution >= 4 is 5.78 Å². The van der Waals surface area contributed by atoms with Crippen molar-refractivity contribution in [3.8, 4) is 0 Å². The molecule has 3 saturated carbocycles. The summed E-state index contributed by atoms with van der Waals surface area (Å²) in [5.74, 6) is 0.801. The summed E-state index contributed by atoms with van der Waals surface area (Å²) in [4.78, 5) is 12.7. The SMILES string of the molecule is CC(=O)C1(C)CCC2C3CC=C4CC(O)(OCc5ccc(F)cc5)CCC4(C)C3CCC21C. The first-order chi connectivity index (χ1) is 15.5. The highest BCUT2D eigenvalue weighted by molar-refractivity contribution is 5.83. The van der Waals surface area contributed by atoms with Gasteiger partial charge in [0.2, 0.25) is 0 Å².